The van der Waals surface area contributed by atoms with Crippen LogP contribution in [0.15, 0.2) is 24.3 Å². The number of aliphatic carboxylic acids is 1. The number of carbonyl (C=O) groups excluding carboxylic acids is 1. The van der Waals surface area contributed by atoms with Crippen molar-refractivity contribution in [1.82, 2.24) is 5.32 Å². The van der Waals surface area contributed by atoms with Crippen LogP contribution >= 0.6 is 0 Å². The fraction of sp³-hybridized carbons (Fsp3) is 0.467. The maximum absolute atomic E-state index is 11.5. The molecular formula is C15H21NO4. The van der Waals surface area contributed by atoms with Gasteiger partial charge in [-0.3, -0.25) is 9.59 Å². The first-order chi connectivity index (χ1) is 9.52. The van der Waals surface area contributed by atoms with Crippen molar-refractivity contribution in [1.29, 1.82) is 0 Å². The predicted molar refractivity (Wildman–Crippen MR) is 75.5 cm³/mol. The molecule has 1 rings (SSSR count). The average molecular weight is 279 g/mol. The molecule has 0 saturated carbocycles. The summed E-state index contributed by atoms with van der Waals surface area (Å²) in [5.74, 6) is -1.72. The van der Waals surface area contributed by atoms with Crippen LogP contribution in [0.2, 0.25) is 0 Å². The molecular weight excluding hydrogens is 258 g/mol. The predicted octanol–water partition coefficient (Wildman–Crippen LogP) is 1.39. The van der Waals surface area contributed by atoms with Crippen LogP contribution in [0.1, 0.15) is 17.5 Å². The zero-order valence-electron chi connectivity index (χ0n) is 11.9. The number of aryl methyl sites for hydroxylation is 1. The average Bonchev–Trinajstić information content (AvgIpc) is 2.40. The zero-order chi connectivity index (χ0) is 15.0. The molecule has 110 valence electrons. The molecule has 0 aliphatic rings. The molecule has 2 N–H and O–H groups in total. The van der Waals surface area contributed by atoms with Gasteiger partial charge in [0.05, 0.1) is 12.5 Å². The van der Waals surface area contributed by atoms with Crippen LogP contribution in [0.5, 0.6) is 0 Å². The van der Waals surface area contributed by atoms with Gasteiger partial charge in [-0.1, -0.05) is 29.8 Å². The number of amides is 1. The molecule has 5 heteroatoms. The molecule has 0 radical (unpaired) electrons. The molecule has 0 aromatic heterocycles. The Kier molecular flexibility index (Phi) is 6.73. The molecule has 0 spiro atoms. The van der Waals surface area contributed by atoms with E-state index in [2.05, 4.69) is 5.32 Å². The topological polar surface area (TPSA) is 75.6 Å². The third kappa shape index (κ3) is 5.84. The van der Waals surface area contributed by atoms with Crippen molar-refractivity contribution in [3.63, 3.8) is 0 Å². The fourth-order valence-electron chi connectivity index (χ4n) is 1.89. The van der Waals surface area contributed by atoms with Crippen LogP contribution in [0.25, 0.3) is 0 Å². The second-order valence-electron chi connectivity index (χ2n) is 4.78. The molecule has 0 aliphatic carbocycles. The van der Waals surface area contributed by atoms with Crippen LogP contribution in [0, 0.1) is 12.8 Å². The summed E-state index contributed by atoms with van der Waals surface area (Å²) in [6.07, 6.45) is 0.648. The molecule has 1 amide bonds. The van der Waals surface area contributed by atoms with Gasteiger partial charge in [0.2, 0.25) is 5.91 Å². The number of carbonyl (C=O) groups is 2. The molecule has 0 aliphatic heterocycles. The molecule has 20 heavy (non-hydrogen) atoms. The van der Waals surface area contributed by atoms with Crippen molar-refractivity contribution >= 4 is 11.9 Å². The summed E-state index contributed by atoms with van der Waals surface area (Å²) in [4.78, 5) is 22.7. The van der Waals surface area contributed by atoms with E-state index < -0.39 is 11.9 Å². The van der Waals surface area contributed by atoms with Gasteiger partial charge in [0.1, 0.15) is 0 Å². The van der Waals surface area contributed by atoms with Gasteiger partial charge in [-0.25, -0.2) is 0 Å². The van der Waals surface area contributed by atoms with Gasteiger partial charge in [-0.2, -0.15) is 0 Å². The summed E-state index contributed by atoms with van der Waals surface area (Å²) in [7, 11) is 1.52. The molecule has 0 saturated heterocycles. The van der Waals surface area contributed by atoms with E-state index in [1.54, 1.807) is 0 Å². The van der Waals surface area contributed by atoms with Gasteiger partial charge in [0.25, 0.3) is 0 Å². The van der Waals surface area contributed by atoms with Gasteiger partial charge >= 0.3 is 5.97 Å². The van der Waals surface area contributed by atoms with Crippen molar-refractivity contribution < 1.29 is 19.4 Å². The molecule has 0 heterocycles. The van der Waals surface area contributed by atoms with E-state index in [4.69, 9.17) is 4.74 Å². The maximum Gasteiger partial charge on any atom is 0.308 e. The van der Waals surface area contributed by atoms with Crippen LogP contribution in [-0.4, -0.2) is 37.2 Å². The Labute approximate surface area is 118 Å². The number of hydrogen-bond acceptors (Lipinski definition) is 3. The lowest BCUT2D eigenvalue weighted by molar-refractivity contribution is -0.141. The lowest BCUT2D eigenvalue weighted by Gasteiger charge is -2.14. The third-order valence-corrected chi connectivity index (χ3v) is 2.99. The highest BCUT2D eigenvalue weighted by Crippen LogP contribution is 2.11. The quantitative estimate of drug-likeness (QED) is 0.754. The maximum atomic E-state index is 11.5. The fourth-order valence-corrected chi connectivity index (χ4v) is 1.89. The minimum atomic E-state index is -0.904. The Morgan fingerprint density at radius 2 is 2.15 bits per heavy atom. The summed E-state index contributed by atoms with van der Waals surface area (Å²) < 4.78 is 4.80. The monoisotopic (exact) mass is 279 g/mol. The Morgan fingerprint density at radius 3 is 2.75 bits per heavy atom. The molecule has 5 nitrogen and oxygen atoms in total. The van der Waals surface area contributed by atoms with E-state index in [1.165, 1.54) is 7.11 Å². The summed E-state index contributed by atoms with van der Waals surface area (Å²) in [6, 6.07) is 7.73. The number of carboxylic acid groups (broad SMARTS) is 1. The lowest BCUT2D eigenvalue weighted by Crippen LogP contribution is -2.34. The Morgan fingerprint density at radius 1 is 1.40 bits per heavy atom. The molecule has 1 aromatic rings. The third-order valence-electron chi connectivity index (χ3n) is 2.99. The Bertz CT molecular complexity index is 459. The highest BCUT2D eigenvalue weighted by atomic mass is 16.5. The highest BCUT2D eigenvalue weighted by molar-refractivity contribution is 5.77. The van der Waals surface area contributed by atoms with Crippen LogP contribution in [0.3, 0.4) is 0 Å². The number of rotatable bonds is 8. The number of benzene rings is 1. The number of methoxy groups -OCH3 is 1. The molecule has 1 unspecified atom stereocenters. The zero-order valence-corrected chi connectivity index (χ0v) is 11.9. The van der Waals surface area contributed by atoms with E-state index in [1.807, 2.05) is 31.2 Å². The van der Waals surface area contributed by atoms with Gasteiger partial charge in [-0.15, -0.1) is 0 Å². The van der Waals surface area contributed by atoms with Crippen molar-refractivity contribution in [3.05, 3.63) is 35.4 Å². The first-order valence-corrected chi connectivity index (χ1v) is 6.57. The number of hydrogen-bond donors (Lipinski definition) is 2. The van der Waals surface area contributed by atoms with E-state index in [9.17, 15) is 14.7 Å². The lowest BCUT2D eigenvalue weighted by atomic mass is 9.98. The largest absolute Gasteiger partial charge is 0.481 e. The normalized spacial score (nSPS) is 11.9. The van der Waals surface area contributed by atoms with E-state index >= 15 is 0 Å². The minimum Gasteiger partial charge on any atom is -0.481 e. The van der Waals surface area contributed by atoms with Crippen molar-refractivity contribution in [3.8, 4) is 0 Å². The van der Waals surface area contributed by atoms with Crippen molar-refractivity contribution in [2.75, 3.05) is 20.3 Å². The summed E-state index contributed by atoms with van der Waals surface area (Å²) in [5.41, 5.74) is 2.05. The van der Waals surface area contributed by atoms with Gasteiger partial charge in [0, 0.05) is 20.1 Å². The smallest absolute Gasteiger partial charge is 0.308 e. The Hall–Kier alpha value is -1.88. The number of nitrogens with one attached hydrogen (secondary N) is 1. The van der Waals surface area contributed by atoms with E-state index in [0.29, 0.717) is 13.0 Å². The number of carboxylic acids is 1. The second-order valence-corrected chi connectivity index (χ2v) is 4.78. The molecule has 1 atom stereocenters. The molecule has 1 aromatic carbocycles. The van der Waals surface area contributed by atoms with Crippen LogP contribution < -0.4 is 5.32 Å². The van der Waals surface area contributed by atoms with Gasteiger partial charge in [0.15, 0.2) is 0 Å². The van der Waals surface area contributed by atoms with Crippen molar-refractivity contribution in [2.45, 2.75) is 19.8 Å². The second kappa shape index (κ2) is 8.32. The van der Waals surface area contributed by atoms with Gasteiger partial charge in [-0.05, 0) is 18.9 Å². The number of ether oxygens (including phenoxy) is 1. The SMILES string of the molecule is COCCC(=O)NCC(Cc1cccc(C)c1)C(=O)O. The first-order valence-electron chi connectivity index (χ1n) is 6.57. The standard InChI is InChI=1S/C15H21NO4/c1-11-4-3-5-12(8-11)9-13(15(18)19)10-16-14(17)6-7-20-2/h3-5,8,13H,6-7,9-10H2,1-2H3,(H,16,17)(H,18,19). The van der Waals surface area contributed by atoms with Crippen molar-refractivity contribution in [2.24, 2.45) is 5.92 Å². The van der Waals surface area contributed by atoms with Crippen LogP contribution in [0.4, 0.5) is 0 Å². The van der Waals surface area contributed by atoms with E-state index in [-0.39, 0.29) is 18.9 Å². The van der Waals surface area contributed by atoms with Gasteiger partial charge < -0.3 is 15.2 Å². The minimum absolute atomic E-state index is 0.131. The highest BCUT2D eigenvalue weighted by Gasteiger charge is 2.18. The summed E-state index contributed by atoms with van der Waals surface area (Å²) >= 11 is 0. The van der Waals surface area contributed by atoms with Crippen LogP contribution in [-0.2, 0) is 20.7 Å². The molecule has 0 fully saturated rings. The summed E-state index contributed by atoms with van der Waals surface area (Å²) in [5, 5.41) is 11.9. The summed E-state index contributed by atoms with van der Waals surface area (Å²) in [6.45, 7) is 2.43. The Balaban J connectivity index is 2.53. The first kappa shape index (κ1) is 16.2. The van der Waals surface area contributed by atoms with E-state index in [0.717, 1.165) is 11.1 Å². The molecule has 0 bridgehead atoms.